The average molecular weight is 398 g/mol. The van der Waals surface area contributed by atoms with E-state index in [0.717, 1.165) is 16.6 Å². The highest BCUT2D eigenvalue weighted by Gasteiger charge is 2.34. The van der Waals surface area contributed by atoms with Gasteiger partial charge in [-0.25, -0.2) is 9.78 Å². The number of ether oxygens (including phenoxy) is 2. The molecule has 0 saturated heterocycles. The number of carbonyl (C=O) groups is 1. The Bertz CT molecular complexity index is 1060. The number of anilines is 1. The summed E-state index contributed by atoms with van der Waals surface area (Å²) < 4.78 is 12.5. The molecule has 0 radical (unpaired) electrons. The number of halogens is 1. The molecule has 1 N–H and O–H groups in total. The fourth-order valence-electron chi connectivity index (χ4n) is 3.48. The van der Waals surface area contributed by atoms with Crippen LogP contribution in [0.1, 0.15) is 18.5 Å². The Labute approximate surface area is 167 Å². The summed E-state index contributed by atoms with van der Waals surface area (Å²) >= 11 is 6.09. The van der Waals surface area contributed by atoms with Crippen molar-refractivity contribution in [3.05, 3.63) is 70.4 Å². The van der Waals surface area contributed by atoms with Gasteiger partial charge in [-0.3, -0.25) is 4.57 Å². The van der Waals surface area contributed by atoms with E-state index < -0.39 is 0 Å². The van der Waals surface area contributed by atoms with Gasteiger partial charge in [-0.2, -0.15) is 0 Å². The monoisotopic (exact) mass is 397 g/mol. The van der Waals surface area contributed by atoms with Gasteiger partial charge in [0.05, 0.1) is 29.3 Å². The van der Waals surface area contributed by atoms with Crippen molar-refractivity contribution in [3.63, 3.8) is 0 Å². The van der Waals surface area contributed by atoms with Crippen molar-refractivity contribution >= 4 is 34.6 Å². The molecule has 0 fully saturated rings. The number of allylic oxidation sites excluding steroid dienone is 1. The van der Waals surface area contributed by atoms with Crippen molar-refractivity contribution in [2.24, 2.45) is 0 Å². The van der Waals surface area contributed by atoms with Crippen molar-refractivity contribution in [1.82, 2.24) is 9.55 Å². The van der Waals surface area contributed by atoms with Crippen molar-refractivity contribution in [1.29, 1.82) is 0 Å². The summed E-state index contributed by atoms with van der Waals surface area (Å²) in [5, 5.41) is 3.89. The fraction of sp³-hybridized carbons (Fsp3) is 0.238. The molecule has 1 aromatic heterocycles. The first-order chi connectivity index (χ1) is 13.6. The predicted molar refractivity (Wildman–Crippen MR) is 108 cm³/mol. The number of rotatable bonds is 5. The Morgan fingerprint density at radius 3 is 2.68 bits per heavy atom. The molecule has 0 spiro atoms. The molecule has 144 valence electrons. The number of benzene rings is 2. The van der Waals surface area contributed by atoms with E-state index in [2.05, 4.69) is 10.3 Å². The minimum Gasteiger partial charge on any atom is -0.460 e. The Kier molecular flexibility index (Phi) is 5.07. The Hall–Kier alpha value is -2.83. The molecule has 2 aromatic carbocycles. The predicted octanol–water partition coefficient (Wildman–Crippen LogP) is 4.17. The van der Waals surface area contributed by atoms with Gasteiger partial charge >= 0.3 is 5.97 Å². The SMILES string of the molecule is COCCOC(=O)C1=C(C)Nc2nc3ccccc3n2[C@H]1c1ccc(Cl)cc1. The van der Waals surface area contributed by atoms with E-state index in [9.17, 15) is 4.79 Å². The Morgan fingerprint density at radius 2 is 1.93 bits per heavy atom. The van der Waals surface area contributed by atoms with E-state index in [0.29, 0.717) is 28.8 Å². The summed E-state index contributed by atoms with van der Waals surface area (Å²) in [4.78, 5) is 17.7. The average Bonchev–Trinajstić information content (AvgIpc) is 3.05. The molecule has 6 nitrogen and oxygen atoms in total. The second-order valence-corrected chi connectivity index (χ2v) is 6.98. The van der Waals surface area contributed by atoms with Crippen LogP contribution >= 0.6 is 11.6 Å². The number of nitrogens with one attached hydrogen (secondary N) is 1. The molecular weight excluding hydrogens is 378 g/mol. The van der Waals surface area contributed by atoms with Crippen LogP contribution in [-0.4, -0.2) is 35.8 Å². The van der Waals surface area contributed by atoms with Gasteiger partial charge in [0, 0.05) is 17.8 Å². The second-order valence-electron chi connectivity index (χ2n) is 6.54. The first kappa shape index (κ1) is 18.5. The van der Waals surface area contributed by atoms with Gasteiger partial charge in [-0.05, 0) is 36.8 Å². The van der Waals surface area contributed by atoms with Crippen LogP contribution in [0.3, 0.4) is 0 Å². The van der Waals surface area contributed by atoms with Crippen LogP contribution in [0.25, 0.3) is 11.0 Å². The summed E-state index contributed by atoms with van der Waals surface area (Å²) in [6.45, 7) is 2.39. The molecule has 1 aliphatic heterocycles. The van der Waals surface area contributed by atoms with E-state index in [4.69, 9.17) is 21.1 Å². The van der Waals surface area contributed by atoms with Crippen molar-refractivity contribution < 1.29 is 14.3 Å². The number of imidazole rings is 1. The van der Waals surface area contributed by atoms with E-state index >= 15 is 0 Å². The number of carbonyl (C=O) groups excluding carboxylic acids is 1. The lowest BCUT2D eigenvalue weighted by Gasteiger charge is -2.30. The topological polar surface area (TPSA) is 65.4 Å². The number of hydrogen-bond donors (Lipinski definition) is 1. The van der Waals surface area contributed by atoms with Crippen LogP contribution in [0.5, 0.6) is 0 Å². The lowest BCUT2D eigenvalue weighted by Crippen LogP contribution is -2.29. The number of nitrogens with zero attached hydrogens (tertiary/aromatic N) is 2. The minimum absolute atomic E-state index is 0.191. The molecule has 4 rings (SSSR count). The number of aromatic nitrogens is 2. The largest absolute Gasteiger partial charge is 0.460 e. The molecule has 7 heteroatoms. The van der Waals surface area contributed by atoms with Gasteiger partial charge in [0.1, 0.15) is 6.61 Å². The number of methoxy groups -OCH3 is 1. The van der Waals surface area contributed by atoms with Gasteiger partial charge in [0.15, 0.2) is 0 Å². The molecule has 0 amide bonds. The molecule has 0 unspecified atom stereocenters. The third kappa shape index (κ3) is 3.25. The highest BCUT2D eigenvalue weighted by molar-refractivity contribution is 6.30. The van der Waals surface area contributed by atoms with Gasteiger partial charge in [0.25, 0.3) is 0 Å². The van der Waals surface area contributed by atoms with Crippen molar-refractivity contribution in [2.45, 2.75) is 13.0 Å². The molecular formula is C21H20ClN3O3. The van der Waals surface area contributed by atoms with Gasteiger partial charge in [-0.15, -0.1) is 0 Å². The lowest BCUT2D eigenvalue weighted by molar-refractivity contribution is -0.140. The number of esters is 1. The summed E-state index contributed by atoms with van der Waals surface area (Å²) in [6.07, 6.45) is 0. The van der Waals surface area contributed by atoms with E-state index in [1.807, 2.05) is 60.0 Å². The minimum atomic E-state index is -0.384. The second kappa shape index (κ2) is 7.66. The molecule has 28 heavy (non-hydrogen) atoms. The van der Waals surface area contributed by atoms with E-state index in [1.165, 1.54) is 0 Å². The zero-order valence-electron chi connectivity index (χ0n) is 15.6. The third-order valence-electron chi connectivity index (χ3n) is 4.76. The molecule has 1 aliphatic rings. The van der Waals surface area contributed by atoms with Gasteiger partial charge in [0.2, 0.25) is 5.95 Å². The Balaban J connectivity index is 1.86. The zero-order valence-corrected chi connectivity index (χ0v) is 16.4. The van der Waals surface area contributed by atoms with Crippen molar-refractivity contribution in [3.8, 4) is 0 Å². The van der Waals surface area contributed by atoms with Crippen LogP contribution in [-0.2, 0) is 14.3 Å². The normalized spacial score (nSPS) is 16.0. The maximum Gasteiger partial charge on any atom is 0.338 e. The maximum absolute atomic E-state index is 13.0. The quantitative estimate of drug-likeness (QED) is 0.517. The first-order valence-corrected chi connectivity index (χ1v) is 9.34. The van der Waals surface area contributed by atoms with Gasteiger partial charge in [-0.1, -0.05) is 35.9 Å². The molecule has 0 bridgehead atoms. The molecule has 0 saturated carbocycles. The molecule has 2 heterocycles. The van der Waals surface area contributed by atoms with E-state index in [1.54, 1.807) is 7.11 Å². The van der Waals surface area contributed by atoms with Crippen LogP contribution in [0.15, 0.2) is 59.8 Å². The van der Waals surface area contributed by atoms with Crippen LogP contribution < -0.4 is 5.32 Å². The number of fused-ring (bicyclic) bond motifs is 3. The summed E-state index contributed by atoms with van der Waals surface area (Å²) in [7, 11) is 1.57. The maximum atomic E-state index is 13.0. The standard InChI is InChI=1S/C21H20ClN3O3/c1-13-18(20(26)28-12-11-27-2)19(14-7-9-15(22)10-8-14)25-17-6-4-3-5-16(17)24-21(25)23-13/h3-10,19H,11-12H2,1-2H3,(H,23,24)/t19-/m0/s1. The highest BCUT2D eigenvalue weighted by Crippen LogP contribution is 2.39. The van der Waals surface area contributed by atoms with Crippen molar-refractivity contribution in [2.75, 3.05) is 25.6 Å². The van der Waals surface area contributed by atoms with Gasteiger partial charge < -0.3 is 14.8 Å². The molecule has 0 aliphatic carbocycles. The molecule has 1 atom stereocenters. The third-order valence-corrected chi connectivity index (χ3v) is 5.01. The zero-order chi connectivity index (χ0) is 19.7. The summed E-state index contributed by atoms with van der Waals surface area (Å²) in [5.41, 5.74) is 3.96. The molecule has 3 aromatic rings. The van der Waals surface area contributed by atoms with Crippen LogP contribution in [0.4, 0.5) is 5.95 Å². The number of hydrogen-bond acceptors (Lipinski definition) is 5. The smallest absolute Gasteiger partial charge is 0.338 e. The lowest BCUT2D eigenvalue weighted by atomic mass is 9.95. The number of para-hydroxylation sites is 2. The highest BCUT2D eigenvalue weighted by atomic mass is 35.5. The van der Waals surface area contributed by atoms with Crippen LogP contribution in [0, 0.1) is 0 Å². The van der Waals surface area contributed by atoms with Crippen LogP contribution in [0.2, 0.25) is 5.02 Å². The van der Waals surface area contributed by atoms with E-state index in [-0.39, 0.29) is 18.6 Å². The summed E-state index contributed by atoms with van der Waals surface area (Å²) in [6, 6.07) is 15.0. The first-order valence-electron chi connectivity index (χ1n) is 8.96. The Morgan fingerprint density at radius 1 is 1.18 bits per heavy atom. The fourth-order valence-corrected chi connectivity index (χ4v) is 3.61. The summed E-state index contributed by atoms with van der Waals surface area (Å²) in [5.74, 6) is 0.303.